The molecule has 1 saturated carbocycles. The molecular weight excluding hydrogens is 178 g/mol. The van der Waals surface area contributed by atoms with E-state index in [1.54, 1.807) is 18.4 Å². The summed E-state index contributed by atoms with van der Waals surface area (Å²) in [5, 5.41) is 13.0. The van der Waals surface area contributed by atoms with E-state index in [1.165, 1.54) is 12.8 Å². The number of hydrogen-bond donors (Lipinski definition) is 2. The first-order chi connectivity index (χ1) is 6.75. The van der Waals surface area contributed by atoms with Gasteiger partial charge in [0.2, 0.25) is 0 Å². The van der Waals surface area contributed by atoms with Crippen LogP contribution in [0.5, 0.6) is 0 Å². The summed E-state index contributed by atoms with van der Waals surface area (Å²) in [4.78, 5) is 0. The molecule has 1 unspecified atom stereocenters. The standard InChI is InChI=1S/C11H17NO2/c1-8-5-9(6-8)12-7-10(13)11-3-2-4-14-11/h2-4,8-10,12-13H,5-7H2,1H3. The Morgan fingerprint density at radius 2 is 2.43 bits per heavy atom. The van der Waals surface area contributed by atoms with E-state index in [2.05, 4.69) is 12.2 Å². The molecular formula is C11H17NO2. The van der Waals surface area contributed by atoms with Crippen LogP contribution in [0.15, 0.2) is 22.8 Å². The van der Waals surface area contributed by atoms with Gasteiger partial charge in [-0.1, -0.05) is 6.92 Å². The van der Waals surface area contributed by atoms with Gasteiger partial charge in [0.1, 0.15) is 11.9 Å². The molecule has 1 atom stereocenters. The van der Waals surface area contributed by atoms with Gasteiger partial charge in [-0.15, -0.1) is 0 Å². The minimum atomic E-state index is -0.513. The maximum Gasteiger partial charge on any atom is 0.133 e. The average molecular weight is 195 g/mol. The summed E-state index contributed by atoms with van der Waals surface area (Å²) < 4.78 is 5.11. The molecule has 0 amide bonds. The number of aliphatic hydroxyl groups excluding tert-OH is 1. The lowest BCUT2D eigenvalue weighted by atomic mass is 9.82. The van der Waals surface area contributed by atoms with Gasteiger partial charge in [-0.2, -0.15) is 0 Å². The van der Waals surface area contributed by atoms with E-state index in [-0.39, 0.29) is 0 Å². The first-order valence-corrected chi connectivity index (χ1v) is 5.20. The normalized spacial score (nSPS) is 28.4. The van der Waals surface area contributed by atoms with Crippen molar-refractivity contribution in [2.45, 2.75) is 31.9 Å². The zero-order chi connectivity index (χ0) is 9.97. The van der Waals surface area contributed by atoms with E-state index in [1.807, 2.05) is 0 Å². The zero-order valence-corrected chi connectivity index (χ0v) is 8.44. The van der Waals surface area contributed by atoms with Crippen LogP contribution >= 0.6 is 0 Å². The second kappa shape index (κ2) is 4.15. The lowest BCUT2D eigenvalue weighted by Gasteiger charge is -2.33. The van der Waals surface area contributed by atoms with Crippen molar-refractivity contribution in [2.24, 2.45) is 5.92 Å². The number of rotatable bonds is 4. The van der Waals surface area contributed by atoms with Crippen molar-refractivity contribution in [3.05, 3.63) is 24.2 Å². The molecule has 0 bridgehead atoms. The van der Waals surface area contributed by atoms with E-state index in [0.717, 1.165) is 5.92 Å². The van der Waals surface area contributed by atoms with Gasteiger partial charge in [-0.3, -0.25) is 0 Å². The summed E-state index contributed by atoms with van der Waals surface area (Å²) in [6, 6.07) is 4.19. The van der Waals surface area contributed by atoms with Crippen LogP contribution in [0.4, 0.5) is 0 Å². The zero-order valence-electron chi connectivity index (χ0n) is 8.44. The predicted molar refractivity (Wildman–Crippen MR) is 53.9 cm³/mol. The summed E-state index contributed by atoms with van der Waals surface area (Å²) in [6.07, 6.45) is 3.53. The van der Waals surface area contributed by atoms with Crippen molar-refractivity contribution in [3.8, 4) is 0 Å². The number of nitrogens with one attached hydrogen (secondary N) is 1. The van der Waals surface area contributed by atoms with Crippen LogP contribution < -0.4 is 5.32 Å². The molecule has 1 aliphatic carbocycles. The highest BCUT2D eigenvalue weighted by atomic mass is 16.4. The quantitative estimate of drug-likeness (QED) is 0.768. The molecule has 0 saturated heterocycles. The van der Waals surface area contributed by atoms with Gasteiger partial charge < -0.3 is 14.8 Å². The largest absolute Gasteiger partial charge is 0.467 e. The molecule has 3 nitrogen and oxygen atoms in total. The number of aliphatic hydroxyl groups is 1. The van der Waals surface area contributed by atoms with Gasteiger partial charge in [-0.05, 0) is 30.9 Å². The molecule has 1 heterocycles. The SMILES string of the molecule is CC1CC(NCC(O)c2ccco2)C1. The van der Waals surface area contributed by atoms with Crippen LogP contribution in [-0.2, 0) is 0 Å². The third-order valence-corrected chi connectivity index (χ3v) is 2.85. The summed E-state index contributed by atoms with van der Waals surface area (Å²) in [6.45, 7) is 2.84. The topological polar surface area (TPSA) is 45.4 Å². The Morgan fingerprint density at radius 3 is 3.00 bits per heavy atom. The van der Waals surface area contributed by atoms with Gasteiger partial charge in [-0.25, -0.2) is 0 Å². The van der Waals surface area contributed by atoms with Crippen molar-refractivity contribution in [2.75, 3.05) is 6.54 Å². The van der Waals surface area contributed by atoms with E-state index in [0.29, 0.717) is 18.3 Å². The molecule has 1 aromatic heterocycles. The fourth-order valence-electron chi connectivity index (χ4n) is 1.93. The maximum absolute atomic E-state index is 9.69. The smallest absolute Gasteiger partial charge is 0.133 e. The Morgan fingerprint density at radius 1 is 1.64 bits per heavy atom. The summed E-state index contributed by atoms with van der Waals surface area (Å²) in [5.74, 6) is 1.48. The molecule has 0 radical (unpaired) electrons. The minimum absolute atomic E-state index is 0.513. The van der Waals surface area contributed by atoms with Crippen LogP contribution in [0, 0.1) is 5.92 Å². The van der Waals surface area contributed by atoms with Crippen LogP contribution in [0.3, 0.4) is 0 Å². The molecule has 2 N–H and O–H groups in total. The molecule has 1 aromatic rings. The Hall–Kier alpha value is -0.800. The van der Waals surface area contributed by atoms with Crippen molar-refractivity contribution in [3.63, 3.8) is 0 Å². The third kappa shape index (κ3) is 2.16. The predicted octanol–water partition coefficient (Wildman–Crippen LogP) is 1.70. The molecule has 0 aliphatic heterocycles. The maximum atomic E-state index is 9.69. The molecule has 1 fully saturated rings. The van der Waals surface area contributed by atoms with Crippen molar-refractivity contribution in [1.82, 2.24) is 5.32 Å². The lowest BCUT2D eigenvalue weighted by molar-refractivity contribution is 0.129. The second-order valence-electron chi connectivity index (χ2n) is 4.21. The average Bonchev–Trinajstić information content (AvgIpc) is 2.62. The second-order valence-corrected chi connectivity index (χ2v) is 4.21. The fraction of sp³-hybridized carbons (Fsp3) is 0.636. The van der Waals surface area contributed by atoms with Crippen molar-refractivity contribution in [1.29, 1.82) is 0 Å². The molecule has 0 spiro atoms. The highest BCUT2D eigenvalue weighted by molar-refractivity contribution is 5.02. The molecule has 14 heavy (non-hydrogen) atoms. The molecule has 0 aromatic carbocycles. The van der Waals surface area contributed by atoms with Gasteiger partial charge in [0, 0.05) is 12.6 Å². The van der Waals surface area contributed by atoms with Gasteiger partial charge in [0.05, 0.1) is 6.26 Å². The monoisotopic (exact) mass is 195 g/mol. The van der Waals surface area contributed by atoms with Crippen LogP contribution in [-0.4, -0.2) is 17.7 Å². The molecule has 78 valence electrons. The summed E-state index contributed by atoms with van der Waals surface area (Å²) >= 11 is 0. The lowest BCUT2D eigenvalue weighted by Crippen LogP contribution is -2.41. The first kappa shape index (κ1) is 9.74. The van der Waals surface area contributed by atoms with Crippen LogP contribution in [0.1, 0.15) is 31.6 Å². The first-order valence-electron chi connectivity index (χ1n) is 5.20. The third-order valence-electron chi connectivity index (χ3n) is 2.85. The van der Waals surface area contributed by atoms with E-state index in [4.69, 9.17) is 4.42 Å². The van der Waals surface area contributed by atoms with Crippen LogP contribution in [0.25, 0.3) is 0 Å². The van der Waals surface area contributed by atoms with Crippen molar-refractivity contribution < 1.29 is 9.52 Å². The number of hydrogen-bond acceptors (Lipinski definition) is 3. The molecule has 3 heteroatoms. The van der Waals surface area contributed by atoms with Crippen LogP contribution in [0.2, 0.25) is 0 Å². The Balaban J connectivity index is 1.71. The van der Waals surface area contributed by atoms with Crippen molar-refractivity contribution >= 4 is 0 Å². The van der Waals surface area contributed by atoms with Gasteiger partial charge >= 0.3 is 0 Å². The minimum Gasteiger partial charge on any atom is -0.467 e. The molecule has 2 rings (SSSR count). The Bertz CT molecular complexity index is 265. The van der Waals surface area contributed by atoms with Gasteiger partial charge in [0.15, 0.2) is 0 Å². The number of furan rings is 1. The Labute approximate surface area is 84.1 Å². The molecule has 1 aliphatic rings. The Kier molecular flexibility index (Phi) is 2.89. The van der Waals surface area contributed by atoms with E-state index < -0.39 is 6.10 Å². The fourth-order valence-corrected chi connectivity index (χ4v) is 1.93. The van der Waals surface area contributed by atoms with E-state index >= 15 is 0 Å². The van der Waals surface area contributed by atoms with Gasteiger partial charge in [0.25, 0.3) is 0 Å². The highest BCUT2D eigenvalue weighted by Crippen LogP contribution is 2.26. The summed E-state index contributed by atoms with van der Waals surface area (Å²) in [7, 11) is 0. The summed E-state index contributed by atoms with van der Waals surface area (Å²) in [5.41, 5.74) is 0. The van der Waals surface area contributed by atoms with E-state index in [9.17, 15) is 5.11 Å². The highest BCUT2D eigenvalue weighted by Gasteiger charge is 2.25.